The average Bonchev–Trinajstić information content (AvgIpc) is 3.63. The summed E-state index contributed by atoms with van der Waals surface area (Å²) in [5.74, 6) is -4.76. The maximum Gasteiger partial charge on any atom is 0.326 e. The Bertz CT molecular complexity index is 2170. The molecule has 0 saturated heterocycles. The van der Waals surface area contributed by atoms with Gasteiger partial charge in [-0.25, -0.2) is 4.79 Å². The molecule has 0 bridgehead atoms. The fraction of sp³-hybridized carbons (Fsp3) is 0.341. The van der Waals surface area contributed by atoms with E-state index in [0.717, 1.165) is 10.9 Å². The van der Waals surface area contributed by atoms with Gasteiger partial charge in [0.15, 0.2) is 11.9 Å². The number of aromatic nitrogens is 1. The number of hydrogen-bond acceptors (Lipinski definition) is 10. The molecule has 4 rings (SSSR count). The molecule has 0 saturated carbocycles. The Balaban J connectivity index is 1.60. The highest BCUT2D eigenvalue weighted by Gasteiger charge is 2.32. The lowest BCUT2D eigenvalue weighted by atomic mass is 10.0. The van der Waals surface area contributed by atoms with Crippen molar-refractivity contribution in [1.29, 1.82) is 0 Å². The summed E-state index contributed by atoms with van der Waals surface area (Å²) in [6.07, 6.45) is 2.09. The molecule has 0 spiro atoms. The number of phenols is 2. The molecular weight excluding hydrogens is 789 g/mol. The van der Waals surface area contributed by atoms with Gasteiger partial charge >= 0.3 is 5.97 Å². The van der Waals surface area contributed by atoms with Gasteiger partial charge in [-0.05, 0) is 72.7 Å². The van der Waals surface area contributed by atoms with Gasteiger partial charge in [0.2, 0.25) is 23.6 Å². The molecule has 326 valence electrons. The van der Waals surface area contributed by atoms with Crippen molar-refractivity contribution in [3.8, 4) is 11.5 Å². The molecule has 0 radical (unpaired) electrons. The number of fused-ring (bicyclic) bond motifs is 1. The van der Waals surface area contributed by atoms with Gasteiger partial charge in [0.25, 0.3) is 0 Å². The maximum atomic E-state index is 14.3. The largest absolute Gasteiger partial charge is 0.508 e. The summed E-state index contributed by atoms with van der Waals surface area (Å²) < 4.78 is 0. The van der Waals surface area contributed by atoms with Gasteiger partial charge in [-0.2, -0.15) is 0 Å². The van der Waals surface area contributed by atoms with Crippen LogP contribution in [0.15, 0.2) is 89.0 Å². The van der Waals surface area contributed by atoms with Crippen LogP contribution < -0.4 is 49.9 Å². The second-order valence-electron chi connectivity index (χ2n) is 14.4. The van der Waals surface area contributed by atoms with E-state index in [4.69, 9.17) is 28.7 Å². The van der Waals surface area contributed by atoms with Gasteiger partial charge in [0.1, 0.15) is 35.7 Å². The quantitative estimate of drug-likeness (QED) is 0.0244. The number of phenolic OH excluding ortho intramolecular Hbond substituents is 2. The van der Waals surface area contributed by atoms with Crippen molar-refractivity contribution in [3.05, 3.63) is 95.7 Å². The van der Waals surface area contributed by atoms with Crippen LogP contribution in [0.5, 0.6) is 11.5 Å². The van der Waals surface area contributed by atoms with Crippen molar-refractivity contribution in [2.75, 3.05) is 13.1 Å². The van der Waals surface area contributed by atoms with Crippen LogP contribution in [0.2, 0.25) is 0 Å². The molecule has 4 amide bonds. The molecule has 20 nitrogen and oxygen atoms in total. The van der Waals surface area contributed by atoms with Crippen molar-refractivity contribution in [2.24, 2.45) is 38.7 Å². The summed E-state index contributed by atoms with van der Waals surface area (Å²) >= 11 is 0. The lowest BCUT2D eigenvalue weighted by Gasteiger charge is -2.27. The summed E-state index contributed by atoms with van der Waals surface area (Å²) in [7, 11) is 0. The van der Waals surface area contributed by atoms with Gasteiger partial charge in [-0.1, -0.05) is 42.5 Å². The number of carbonyl (C=O) groups is 5. The van der Waals surface area contributed by atoms with Crippen molar-refractivity contribution in [1.82, 2.24) is 26.3 Å². The van der Waals surface area contributed by atoms with Crippen LogP contribution in [0.1, 0.15) is 42.4 Å². The van der Waals surface area contributed by atoms with Crippen LogP contribution in [-0.4, -0.2) is 105 Å². The standard InChI is InChI=1S/C41H54N12O8/c42-29(6-3-17-47-40(43)44)35(56)51-32(19-23-9-13-26(54)14-10-23)38(59)52-33(20-24-11-15-27(55)16-12-24)37(58)50-31(8-4-18-48-41(45)46)36(57)53-34(39(60)61)21-25-22-49-30-7-2-1-5-28(25)30/h1-2,5,7,9-16,22,29,31-34,49,54-55H,3-4,6,8,17-21,42H2,(H,50,58)(H,51,56)(H,52,59)(H,53,57)(H,60,61)(H4,43,44,47)(H4,45,46,48). The van der Waals surface area contributed by atoms with Gasteiger partial charge in [-0.3, -0.25) is 29.2 Å². The summed E-state index contributed by atoms with van der Waals surface area (Å²) in [6.45, 7) is 0.311. The highest BCUT2D eigenvalue weighted by Crippen LogP contribution is 2.20. The first-order chi connectivity index (χ1) is 29.1. The maximum absolute atomic E-state index is 14.3. The Kier molecular flexibility index (Phi) is 17.2. The summed E-state index contributed by atoms with van der Waals surface area (Å²) in [4.78, 5) is 79.0. The molecule has 1 aromatic heterocycles. The van der Waals surface area contributed by atoms with Crippen LogP contribution in [0.4, 0.5) is 0 Å². The Morgan fingerprint density at radius 2 is 1.05 bits per heavy atom. The minimum atomic E-state index is -1.39. The van der Waals surface area contributed by atoms with Crippen LogP contribution in [0, 0.1) is 0 Å². The van der Waals surface area contributed by atoms with E-state index in [1.54, 1.807) is 36.5 Å². The number of nitrogens with two attached hydrogens (primary N) is 5. The fourth-order valence-corrected chi connectivity index (χ4v) is 6.39. The minimum Gasteiger partial charge on any atom is -0.508 e. The molecule has 18 N–H and O–H groups in total. The van der Waals surface area contributed by atoms with E-state index in [1.165, 1.54) is 24.3 Å². The first-order valence-electron chi connectivity index (χ1n) is 19.5. The van der Waals surface area contributed by atoms with E-state index in [2.05, 4.69) is 36.2 Å². The van der Waals surface area contributed by atoms with E-state index < -0.39 is 59.8 Å². The van der Waals surface area contributed by atoms with Crippen LogP contribution in [-0.2, 0) is 43.2 Å². The number of aliphatic carboxylic acids is 1. The lowest BCUT2D eigenvalue weighted by molar-refractivity contribution is -0.142. The number of aromatic hydroxyl groups is 2. The molecule has 0 aliphatic heterocycles. The topological polar surface area (TPSA) is 365 Å². The van der Waals surface area contributed by atoms with Gasteiger partial charge in [-0.15, -0.1) is 0 Å². The van der Waals surface area contributed by atoms with Crippen LogP contribution >= 0.6 is 0 Å². The Labute approximate surface area is 351 Å². The summed E-state index contributed by atoms with van der Waals surface area (Å²) in [6, 6.07) is 12.7. The molecular formula is C41H54N12O8. The third kappa shape index (κ3) is 15.1. The molecule has 4 aromatic rings. The van der Waals surface area contributed by atoms with Crippen LogP contribution in [0.25, 0.3) is 10.9 Å². The monoisotopic (exact) mass is 842 g/mol. The smallest absolute Gasteiger partial charge is 0.326 e. The molecule has 20 heteroatoms. The highest BCUT2D eigenvalue weighted by molar-refractivity contribution is 5.96. The van der Waals surface area contributed by atoms with Gasteiger partial charge in [0.05, 0.1) is 6.04 Å². The van der Waals surface area contributed by atoms with Crippen molar-refractivity contribution >= 4 is 52.4 Å². The number of amides is 4. The number of carbonyl (C=O) groups excluding carboxylic acids is 4. The van der Waals surface area contributed by atoms with Crippen molar-refractivity contribution in [3.63, 3.8) is 0 Å². The number of benzene rings is 3. The zero-order valence-corrected chi connectivity index (χ0v) is 33.4. The number of hydrogen-bond donors (Lipinski definition) is 13. The predicted molar refractivity (Wildman–Crippen MR) is 229 cm³/mol. The third-order valence-corrected chi connectivity index (χ3v) is 9.61. The van der Waals surface area contributed by atoms with E-state index in [0.29, 0.717) is 23.1 Å². The number of carboxylic acid groups (broad SMARTS) is 1. The molecule has 0 aliphatic rings. The first-order valence-corrected chi connectivity index (χ1v) is 19.5. The Morgan fingerprint density at radius 1 is 0.590 bits per heavy atom. The van der Waals surface area contributed by atoms with E-state index in [-0.39, 0.29) is 75.0 Å². The molecule has 0 aliphatic carbocycles. The number of aliphatic imine (C=N–C) groups is 2. The van der Waals surface area contributed by atoms with Crippen molar-refractivity contribution in [2.45, 2.75) is 75.2 Å². The normalized spacial score (nSPS) is 13.4. The van der Waals surface area contributed by atoms with Gasteiger partial charge in [0, 0.05) is 49.5 Å². The molecule has 5 unspecified atom stereocenters. The highest BCUT2D eigenvalue weighted by atomic mass is 16.4. The molecule has 3 aromatic carbocycles. The third-order valence-electron chi connectivity index (χ3n) is 9.61. The number of rotatable bonds is 23. The summed E-state index contributed by atoms with van der Waals surface area (Å²) in [5, 5.41) is 41.3. The van der Waals surface area contributed by atoms with E-state index >= 15 is 0 Å². The zero-order chi connectivity index (χ0) is 44.5. The van der Waals surface area contributed by atoms with Gasteiger partial charge < -0.3 is 70.2 Å². The molecule has 61 heavy (non-hydrogen) atoms. The predicted octanol–water partition coefficient (Wildman–Crippen LogP) is -0.935. The Hall–Kier alpha value is -7.35. The first kappa shape index (κ1) is 46.3. The number of para-hydroxylation sites is 1. The number of aromatic amines is 1. The number of nitrogens with zero attached hydrogens (tertiary/aromatic N) is 2. The number of guanidine groups is 2. The fourth-order valence-electron chi connectivity index (χ4n) is 6.39. The zero-order valence-electron chi connectivity index (χ0n) is 33.4. The minimum absolute atomic E-state index is 0.0215. The van der Waals surface area contributed by atoms with E-state index in [9.17, 15) is 39.3 Å². The number of nitrogens with one attached hydrogen (secondary N) is 5. The second kappa shape index (κ2) is 22.7. The lowest BCUT2D eigenvalue weighted by Crippen LogP contribution is -2.59. The SMILES string of the molecule is NC(N)=NCCCC(N)C(=O)NC(Cc1ccc(O)cc1)C(=O)NC(Cc1ccc(O)cc1)C(=O)NC(CCCN=C(N)N)C(=O)NC(Cc1c[nH]c2ccccc12)C(=O)O. The second-order valence-corrected chi connectivity index (χ2v) is 14.4. The number of carboxylic acids is 1. The molecule has 0 fully saturated rings. The Morgan fingerprint density at radius 3 is 1.57 bits per heavy atom. The van der Waals surface area contributed by atoms with Crippen molar-refractivity contribution < 1.29 is 39.3 Å². The molecule has 5 atom stereocenters. The average molecular weight is 843 g/mol. The van der Waals surface area contributed by atoms with E-state index in [1.807, 2.05) is 18.2 Å². The summed E-state index contributed by atoms with van der Waals surface area (Å²) in [5.41, 5.74) is 30.4. The molecule has 1 heterocycles. The van der Waals surface area contributed by atoms with Crippen LogP contribution in [0.3, 0.4) is 0 Å². The number of H-pyrrole nitrogens is 1.